The quantitative estimate of drug-likeness (QED) is 0.280. The maximum absolute atomic E-state index is 13.3. The van der Waals surface area contributed by atoms with Crippen molar-refractivity contribution < 1.29 is 13.5 Å². The Hall–Kier alpha value is -3.58. The summed E-state index contributed by atoms with van der Waals surface area (Å²) in [6.07, 6.45) is 13.1. The van der Waals surface area contributed by atoms with Crippen LogP contribution in [0.15, 0.2) is 60.3 Å². The summed E-state index contributed by atoms with van der Waals surface area (Å²) in [5, 5.41) is 26.1. The number of nitrogens with zero attached hydrogens (tertiary/aromatic N) is 4. The molecule has 1 unspecified atom stereocenters. The molecule has 2 aromatic heterocycles. The lowest BCUT2D eigenvalue weighted by atomic mass is 10.1. The van der Waals surface area contributed by atoms with Gasteiger partial charge in [-0.1, -0.05) is 30.4 Å². The lowest BCUT2D eigenvalue weighted by Gasteiger charge is -2.33. The summed E-state index contributed by atoms with van der Waals surface area (Å²) in [4.78, 5) is 8.82. The Balaban J connectivity index is 1.28. The van der Waals surface area contributed by atoms with E-state index in [1.807, 2.05) is 36.4 Å². The SMILES string of the molecule is O=S(=O)(C1CC=C(Nc2ncc(/C=C/c3cccc4[nH]ncc34)cn2)C=C1NCCO)N1CCNCC1. The molecule has 0 spiro atoms. The predicted molar refractivity (Wildman–Crippen MR) is 144 cm³/mol. The molecule has 194 valence electrons. The Morgan fingerprint density at radius 2 is 1.95 bits per heavy atom. The van der Waals surface area contributed by atoms with Crippen molar-refractivity contribution in [2.75, 3.05) is 44.6 Å². The van der Waals surface area contributed by atoms with Gasteiger partial charge < -0.3 is 21.1 Å². The summed E-state index contributed by atoms with van der Waals surface area (Å²) in [5.74, 6) is 0.404. The summed E-state index contributed by atoms with van der Waals surface area (Å²) in [6, 6.07) is 5.97. The van der Waals surface area contributed by atoms with E-state index in [1.165, 1.54) is 4.31 Å². The van der Waals surface area contributed by atoms with Gasteiger partial charge in [0.25, 0.3) is 0 Å². The molecule has 1 saturated heterocycles. The van der Waals surface area contributed by atoms with E-state index in [0.29, 0.717) is 49.9 Å². The number of anilines is 1. The van der Waals surface area contributed by atoms with Crippen molar-refractivity contribution in [3.05, 3.63) is 71.5 Å². The number of hydrogen-bond donors (Lipinski definition) is 5. The van der Waals surface area contributed by atoms with Gasteiger partial charge in [-0.05, 0) is 24.1 Å². The number of aliphatic hydroxyl groups excluding tert-OH is 1. The molecule has 0 amide bonds. The minimum atomic E-state index is -3.54. The summed E-state index contributed by atoms with van der Waals surface area (Å²) < 4.78 is 28.2. The number of rotatable bonds is 9. The second kappa shape index (κ2) is 11.2. The van der Waals surface area contributed by atoms with E-state index < -0.39 is 15.3 Å². The third-order valence-electron chi connectivity index (χ3n) is 6.35. The van der Waals surface area contributed by atoms with E-state index >= 15 is 0 Å². The van der Waals surface area contributed by atoms with Crippen LogP contribution in [0.4, 0.5) is 5.95 Å². The number of aromatic amines is 1. The Kier molecular flexibility index (Phi) is 7.60. The normalized spacial score (nSPS) is 19.1. The summed E-state index contributed by atoms with van der Waals surface area (Å²) in [5.41, 5.74) is 4.10. The van der Waals surface area contributed by atoms with Crippen LogP contribution in [-0.4, -0.2) is 82.6 Å². The summed E-state index contributed by atoms with van der Waals surface area (Å²) in [6.45, 7) is 2.34. The molecule has 37 heavy (non-hydrogen) atoms. The molecule has 1 aromatic carbocycles. The van der Waals surface area contributed by atoms with Crippen molar-refractivity contribution in [2.45, 2.75) is 11.7 Å². The molecule has 11 nitrogen and oxygen atoms in total. The molecular weight excluding hydrogens is 492 g/mol. The number of aromatic nitrogens is 4. The molecule has 0 bridgehead atoms. The van der Waals surface area contributed by atoms with Gasteiger partial charge in [0.1, 0.15) is 5.25 Å². The van der Waals surface area contributed by atoms with E-state index in [-0.39, 0.29) is 13.2 Å². The summed E-state index contributed by atoms with van der Waals surface area (Å²) >= 11 is 0. The number of fused-ring (bicyclic) bond motifs is 1. The van der Waals surface area contributed by atoms with Gasteiger partial charge in [-0.25, -0.2) is 18.4 Å². The van der Waals surface area contributed by atoms with E-state index in [9.17, 15) is 13.5 Å². The standard InChI is InChI=1S/C25H30N8O3S/c34-13-10-27-23-14-20(6-7-24(23)37(35,36)33-11-8-26-9-12-33)31-25-28-15-18(16-29-25)4-5-19-2-1-3-22-21(19)17-30-32-22/h1-6,14-17,24,26-27,34H,7-13H2,(H,30,32)(H,28,29,31)/b5-4+. The molecule has 1 aliphatic carbocycles. The molecule has 3 aromatic rings. The first-order chi connectivity index (χ1) is 18.0. The fourth-order valence-corrected chi connectivity index (χ4v) is 6.30. The van der Waals surface area contributed by atoms with Crippen LogP contribution in [0.1, 0.15) is 17.5 Å². The van der Waals surface area contributed by atoms with Crippen LogP contribution in [0.25, 0.3) is 23.1 Å². The topological polar surface area (TPSA) is 148 Å². The van der Waals surface area contributed by atoms with Crippen molar-refractivity contribution in [2.24, 2.45) is 0 Å². The van der Waals surface area contributed by atoms with Crippen LogP contribution in [-0.2, 0) is 10.0 Å². The van der Waals surface area contributed by atoms with E-state index in [0.717, 1.165) is 22.0 Å². The number of allylic oxidation sites excluding steroid dienone is 2. The lowest BCUT2D eigenvalue weighted by Crippen LogP contribution is -2.51. The monoisotopic (exact) mass is 522 g/mol. The summed E-state index contributed by atoms with van der Waals surface area (Å²) in [7, 11) is -3.54. The van der Waals surface area contributed by atoms with Crippen LogP contribution >= 0.6 is 0 Å². The third kappa shape index (κ3) is 5.72. The zero-order valence-corrected chi connectivity index (χ0v) is 21.1. The first-order valence-corrected chi connectivity index (χ1v) is 13.7. The Morgan fingerprint density at radius 3 is 2.73 bits per heavy atom. The van der Waals surface area contributed by atoms with Gasteiger partial charge in [-0.2, -0.15) is 9.40 Å². The molecule has 0 radical (unpaired) electrons. The smallest absolute Gasteiger partial charge is 0.227 e. The van der Waals surface area contributed by atoms with Crippen LogP contribution < -0.4 is 16.0 Å². The van der Waals surface area contributed by atoms with Crippen molar-refractivity contribution in [3.63, 3.8) is 0 Å². The molecule has 1 aliphatic heterocycles. The van der Waals surface area contributed by atoms with Crippen molar-refractivity contribution >= 4 is 39.0 Å². The van der Waals surface area contributed by atoms with Crippen LogP contribution in [0.2, 0.25) is 0 Å². The molecule has 1 fully saturated rings. The largest absolute Gasteiger partial charge is 0.395 e. The third-order valence-corrected chi connectivity index (χ3v) is 8.60. The molecular formula is C25H30N8O3S. The van der Waals surface area contributed by atoms with Gasteiger partial charge in [-0.15, -0.1) is 0 Å². The minimum Gasteiger partial charge on any atom is -0.395 e. The van der Waals surface area contributed by atoms with Crippen LogP contribution in [0.5, 0.6) is 0 Å². The first kappa shape index (κ1) is 25.1. The van der Waals surface area contributed by atoms with Crippen molar-refractivity contribution in [3.8, 4) is 0 Å². The molecule has 3 heterocycles. The maximum atomic E-state index is 13.3. The zero-order valence-electron chi connectivity index (χ0n) is 20.3. The van der Waals surface area contributed by atoms with E-state index in [2.05, 4.69) is 36.1 Å². The maximum Gasteiger partial charge on any atom is 0.227 e. The number of sulfonamides is 1. The van der Waals surface area contributed by atoms with Crippen molar-refractivity contribution in [1.82, 2.24) is 35.1 Å². The predicted octanol–water partition coefficient (Wildman–Crippen LogP) is 1.29. The first-order valence-electron chi connectivity index (χ1n) is 12.2. The molecule has 5 rings (SSSR count). The molecule has 5 N–H and O–H groups in total. The number of piperazine rings is 1. The Morgan fingerprint density at radius 1 is 1.14 bits per heavy atom. The van der Waals surface area contributed by atoms with Crippen LogP contribution in [0, 0.1) is 0 Å². The second-order valence-corrected chi connectivity index (χ2v) is 10.9. The molecule has 12 heteroatoms. The van der Waals surface area contributed by atoms with Gasteiger partial charge in [-0.3, -0.25) is 5.10 Å². The van der Waals surface area contributed by atoms with E-state index in [4.69, 9.17) is 0 Å². The number of nitrogens with one attached hydrogen (secondary N) is 4. The highest BCUT2D eigenvalue weighted by molar-refractivity contribution is 7.90. The second-order valence-electron chi connectivity index (χ2n) is 8.80. The number of hydrogen-bond acceptors (Lipinski definition) is 9. The molecule has 1 atom stereocenters. The van der Waals surface area contributed by atoms with Gasteiger partial charge in [0.05, 0.1) is 18.3 Å². The highest BCUT2D eigenvalue weighted by atomic mass is 32.2. The number of aliphatic hydroxyl groups is 1. The lowest BCUT2D eigenvalue weighted by molar-refractivity contribution is 0.296. The van der Waals surface area contributed by atoms with Crippen molar-refractivity contribution in [1.29, 1.82) is 0 Å². The highest BCUT2D eigenvalue weighted by Gasteiger charge is 2.36. The van der Waals surface area contributed by atoms with Crippen LogP contribution in [0.3, 0.4) is 0 Å². The fraction of sp³-hybridized carbons (Fsp3) is 0.320. The van der Waals surface area contributed by atoms with Gasteiger partial charge in [0, 0.05) is 67.5 Å². The van der Waals surface area contributed by atoms with Gasteiger partial charge >= 0.3 is 0 Å². The molecule has 0 saturated carbocycles. The molecule has 2 aliphatic rings. The van der Waals surface area contributed by atoms with Gasteiger partial charge in [0.15, 0.2) is 0 Å². The average molecular weight is 523 g/mol. The highest BCUT2D eigenvalue weighted by Crippen LogP contribution is 2.26. The van der Waals surface area contributed by atoms with Gasteiger partial charge in [0.2, 0.25) is 16.0 Å². The average Bonchev–Trinajstić information content (AvgIpc) is 3.42. The Bertz CT molecular complexity index is 1420. The number of H-pyrrole nitrogens is 1. The van der Waals surface area contributed by atoms with E-state index in [1.54, 1.807) is 24.7 Å². The minimum absolute atomic E-state index is 0.0998. The zero-order chi connectivity index (χ0) is 25.7. The Labute approximate surface area is 215 Å². The number of benzene rings is 1. The fourth-order valence-electron chi connectivity index (χ4n) is 4.43.